The number of aryl methyl sites for hydroxylation is 3. The molecule has 738 valence electrons. The fourth-order valence-electron chi connectivity index (χ4n) is 20.7. The summed E-state index contributed by atoms with van der Waals surface area (Å²) in [6, 6.07) is 55.0. The van der Waals surface area contributed by atoms with Gasteiger partial charge in [-0.05, 0) is 206 Å². The highest BCUT2D eigenvalue weighted by Gasteiger charge is 2.34. The van der Waals surface area contributed by atoms with Crippen molar-refractivity contribution in [3.8, 4) is 73.5 Å². The number of anilines is 5. The maximum absolute atomic E-state index is 14.0. The third-order valence-electron chi connectivity index (χ3n) is 28.5. The number of rotatable bonds is 14. The minimum atomic E-state index is -0.444. The number of fused-ring (bicyclic) bond motifs is 10. The van der Waals surface area contributed by atoms with Gasteiger partial charge in [0.2, 0.25) is 0 Å². The molecule has 4 aromatic carbocycles. The molecule has 144 heavy (non-hydrogen) atoms. The summed E-state index contributed by atoms with van der Waals surface area (Å²) < 4.78 is 54.6. The van der Waals surface area contributed by atoms with Crippen molar-refractivity contribution in [2.24, 2.45) is 0 Å². The number of pyridine rings is 7. The fourth-order valence-corrected chi connectivity index (χ4v) is 20.7. The molecule has 7 aliphatic heterocycles. The van der Waals surface area contributed by atoms with Gasteiger partial charge < -0.3 is 67.1 Å². The monoisotopic (exact) mass is 1940 g/mol. The van der Waals surface area contributed by atoms with E-state index in [1.807, 2.05) is 155 Å². The van der Waals surface area contributed by atoms with Gasteiger partial charge in [0.15, 0.2) is 57.5 Å². The zero-order valence-electron chi connectivity index (χ0n) is 82.1. The Morgan fingerprint density at radius 1 is 0.354 bits per heavy atom. The number of benzene rings is 4. The van der Waals surface area contributed by atoms with Gasteiger partial charge in [-0.2, -0.15) is 0 Å². The molecule has 34 nitrogen and oxygen atoms in total. The molecule has 0 amide bonds. The van der Waals surface area contributed by atoms with Crippen LogP contribution in [0.25, 0.3) is 118 Å². The Morgan fingerprint density at radius 3 is 1.24 bits per heavy atom. The van der Waals surface area contributed by atoms with Crippen LogP contribution in [-0.2, 0) is 0 Å². The SMILES string of the molecule is COc1ccc(-c2cc(=O)n3cc(N4CCC(N(C)C)C4)ccc3c2)cc1F.COc1cnc(-c2cc(=O)n3cc(N4CCNCC4)ccc3n2)cc1OC.Cc1nc2ccc(-c3cc(=O)n4cc(N5CCCN(C)CC5)ccc4n3)cc2o1.Cc1nc2ccc(-c3cc(=O)n4cc(N5CCN6CCC[C@@H]6C5)ccc4n3)cc2o1.Cc1nc2ccc(-c3cc(=O)n4cc(N5CCN6CCC[C@H]6C5)ccc4n3)cc2o1. The summed E-state index contributed by atoms with van der Waals surface area (Å²) in [5.41, 5.74) is 19.4. The van der Waals surface area contributed by atoms with Crippen molar-refractivity contribution < 1.29 is 31.9 Å². The van der Waals surface area contributed by atoms with Crippen molar-refractivity contribution in [2.45, 2.75) is 77.4 Å². The number of aromatic nitrogens is 13. The Balaban J connectivity index is 0.000000106. The Morgan fingerprint density at radius 2 is 0.778 bits per heavy atom. The summed E-state index contributed by atoms with van der Waals surface area (Å²) in [7, 11) is 10.9. The molecule has 21 heterocycles. The smallest absolute Gasteiger partial charge is 0.258 e. The maximum Gasteiger partial charge on any atom is 0.258 e. The Hall–Kier alpha value is -15.6. The topological polar surface area (TPSA) is 319 Å². The quantitative estimate of drug-likeness (QED) is 0.106. The lowest BCUT2D eigenvalue weighted by atomic mass is 10.1. The average Bonchev–Trinajstić information content (AvgIpc) is 1.25. The van der Waals surface area contributed by atoms with E-state index >= 15 is 0 Å². The van der Waals surface area contributed by atoms with Crippen molar-refractivity contribution in [1.82, 2.24) is 86.8 Å². The van der Waals surface area contributed by atoms with E-state index < -0.39 is 5.82 Å². The largest absolute Gasteiger partial charge is 0.494 e. The summed E-state index contributed by atoms with van der Waals surface area (Å²) in [6.45, 7) is 23.9. The minimum absolute atomic E-state index is 0.0785. The van der Waals surface area contributed by atoms with Gasteiger partial charge in [-0.15, -0.1) is 0 Å². The number of ether oxygens (including phenoxy) is 3. The van der Waals surface area contributed by atoms with Crippen LogP contribution in [-0.4, -0.2) is 260 Å². The second-order valence-corrected chi connectivity index (χ2v) is 38.0. The van der Waals surface area contributed by atoms with Crippen LogP contribution in [0.3, 0.4) is 0 Å². The molecule has 3 atom stereocenters. The van der Waals surface area contributed by atoms with Crippen molar-refractivity contribution in [3.05, 3.63) is 288 Å². The Bertz CT molecular complexity index is 8000. The zero-order chi connectivity index (χ0) is 99.1. The van der Waals surface area contributed by atoms with E-state index in [-0.39, 0.29) is 33.5 Å². The van der Waals surface area contributed by atoms with Crippen LogP contribution in [0.4, 0.5) is 32.8 Å². The second kappa shape index (κ2) is 40.8. The van der Waals surface area contributed by atoms with Gasteiger partial charge in [0, 0.05) is 227 Å². The molecule has 18 aromatic rings. The predicted molar refractivity (Wildman–Crippen MR) is 558 cm³/mol. The molecule has 14 aromatic heterocycles. The first kappa shape index (κ1) is 94.7. The number of oxazole rings is 3. The third kappa shape index (κ3) is 20.1. The van der Waals surface area contributed by atoms with Gasteiger partial charge >= 0.3 is 0 Å². The summed E-state index contributed by atoms with van der Waals surface area (Å²) in [4.78, 5) is 122. The van der Waals surface area contributed by atoms with Crippen molar-refractivity contribution >= 4 is 89.8 Å². The van der Waals surface area contributed by atoms with Crippen molar-refractivity contribution in [3.63, 3.8) is 0 Å². The number of nitrogens with one attached hydrogen (secondary N) is 1. The van der Waals surface area contributed by atoms with E-state index in [1.165, 1.54) is 58.0 Å². The lowest BCUT2D eigenvalue weighted by molar-refractivity contribution is 0.231. The van der Waals surface area contributed by atoms with Crippen molar-refractivity contribution in [2.75, 3.05) is 185 Å². The maximum atomic E-state index is 14.0. The van der Waals surface area contributed by atoms with Crippen LogP contribution in [0.5, 0.6) is 17.2 Å². The van der Waals surface area contributed by atoms with Gasteiger partial charge in [0.05, 0.1) is 84.4 Å². The number of likely N-dealkylation sites (N-methyl/N-ethyl adjacent to an activating group) is 2. The van der Waals surface area contributed by atoms with Crippen LogP contribution < -0.4 is 71.8 Å². The lowest BCUT2D eigenvalue weighted by Crippen LogP contribution is -2.50. The van der Waals surface area contributed by atoms with E-state index in [2.05, 4.69) is 114 Å². The molecule has 0 radical (unpaired) electrons. The highest BCUT2D eigenvalue weighted by Crippen LogP contribution is 2.36. The standard InChI is InChI=1S/2C23H23N5O2.C22H24FN3O2.C22H23N5O2.C19H21N5O3/c2*1-15-24-19-6-4-16(11-21(19)30-15)20-12-23(29)28-14-18(5-7-22(28)25-20)27-10-9-26-8-2-3-17(26)13-27;1-24(2)18-8-9-25(13-18)19-6-5-17-10-16(12-22(27)26(17)14-19)15-4-7-21(28-3)20(23)11-15;1-15-23-18-6-4-16(12-20(18)29-15)19-13-22(28)27-14-17(5-7-21(27)24-19)26-9-3-8-25(2)10-11-26;1-26-16-9-14(21-11-17(16)27-2)15-10-19(25)24-12-13(3-4-18(24)22-15)23-7-5-20-6-8-23/h2*4-7,11-12,14,17H,2-3,8-10,13H2,1H3;4-7,10-12,14,18H,8-9,13H2,1-3H3;4-7,12-14H,3,8-11H2,1-2H3;3-4,9-12,20H,5-8H2,1-2H3/t2*17-;;;/m10.../s1. The Labute approximate surface area is 828 Å². The molecule has 0 bridgehead atoms. The molecule has 25 rings (SSSR count). The van der Waals surface area contributed by atoms with Gasteiger partial charge in [0.25, 0.3) is 27.8 Å². The van der Waals surface area contributed by atoms with E-state index in [4.69, 9.17) is 42.4 Å². The molecule has 1 unspecified atom stereocenters. The molecular formula is C109H114FN23O11. The molecule has 1 N–H and O–H groups in total. The van der Waals surface area contributed by atoms with Crippen LogP contribution >= 0.6 is 0 Å². The minimum Gasteiger partial charge on any atom is -0.494 e. The number of hydrogen-bond donors (Lipinski definition) is 1. The first-order chi connectivity index (χ1) is 70.0. The van der Waals surface area contributed by atoms with Gasteiger partial charge in [-0.3, -0.25) is 60.8 Å². The van der Waals surface area contributed by atoms with E-state index in [9.17, 15) is 28.4 Å². The van der Waals surface area contributed by atoms with Crippen molar-refractivity contribution in [1.29, 1.82) is 0 Å². The van der Waals surface area contributed by atoms with E-state index in [1.54, 1.807) is 84.9 Å². The fraction of sp³-hybridized carbons (Fsp3) is 0.330. The molecule has 0 aliphatic carbocycles. The molecular weight excluding hydrogens is 1830 g/mol. The number of hydrogen-bond acceptors (Lipinski definition) is 29. The van der Waals surface area contributed by atoms with Gasteiger partial charge in [-0.25, -0.2) is 39.3 Å². The number of piperazine rings is 3. The van der Waals surface area contributed by atoms with E-state index in [0.717, 1.165) is 185 Å². The summed E-state index contributed by atoms with van der Waals surface area (Å²) >= 11 is 0. The van der Waals surface area contributed by atoms with E-state index in [0.29, 0.717) is 126 Å². The number of halogens is 1. The predicted octanol–water partition coefficient (Wildman–Crippen LogP) is 13.6. The molecule has 7 saturated heterocycles. The lowest BCUT2D eigenvalue weighted by Gasteiger charge is -2.38. The second-order valence-electron chi connectivity index (χ2n) is 38.0. The zero-order valence-corrected chi connectivity index (χ0v) is 82.1. The van der Waals surface area contributed by atoms with Crippen LogP contribution in [0, 0.1) is 26.6 Å². The third-order valence-corrected chi connectivity index (χ3v) is 28.5. The number of methoxy groups -OCH3 is 3. The molecule has 0 spiro atoms. The van der Waals surface area contributed by atoms with Gasteiger partial charge in [0.1, 0.15) is 39.1 Å². The molecule has 7 fully saturated rings. The first-order valence-electron chi connectivity index (χ1n) is 49.1. The molecule has 0 saturated carbocycles. The highest BCUT2D eigenvalue weighted by molar-refractivity contribution is 5.83. The molecule has 35 heteroatoms. The summed E-state index contributed by atoms with van der Waals surface area (Å²) in [6.07, 6.45) is 18.4. The average molecular weight is 1940 g/mol. The summed E-state index contributed by atoms with van der Waals surface area (Å²) in [5.74, 6) is 2.68. The van der Waals surface area contributed by atoms with Crippen LogP contribution in [0.2, 0.25) is 0 Å². The number of nitrogens with zero attached hydrogens (tertiary/aromatic N) is 22. The normalized spacial score (nSPS) is 17.4. The van der Waals surface area contributed by atoms with Gasteiger partial charge in [-0.1, -0.05) is 24.3 Å². The summed E-state index contributed by atoms with van der Waals surface area (Å²) in [5, 5.41) is 3.33. The van der Waals surface area contributed by atoms with Crippen LogP contribution in [0.15, 0.2) is 250 Å². The molecule has 7 aliphatic rings. The van der Waals surface area contributed by atoms with Crippen LogP contribution in [0.1, 0.15) is 56.2 Å². The Kier molecular flexibility index (Phi) is 26.8. The first-order valence-corrected chi connectivity index (χ1v) is 49.1. The highest BCUT2D eigenvalue weighted by atomic mass is 19.1.